The zero-order chi connectivity index (χ0) is 17.5. The van der Waals surface area contributed by atoms with Gasteiger partial charge >= 0.3 is 0 Å². The molecule has 126 valence electrons. The number of benzene rings is 3. The molecule has 0 aliphatic heterocycles. The lowest BCUT2D eigenvalue weighted by Gasteiger charge is -2.18. The zero-order valence-electron chi connectivity index (χ0n) is 14.9. The normalized spacial score (nSPS) is 14.5. The van der Waals surface area contributed by atoms with Crippen LogP contribution in [0.25, 0.3) is 33.1 Å². The lowest BCUT2D eigenvalue weighted by atomic mass is 9.95. The number of allylic oxidation sites excluding steroid dienone is 4. The van der Waals surface area contributed by atoms with E-state index in [1.165, 1.54) is 44.2 Å². The maximum atomic E-state index is 2.44. The molecule has 0 atom stereocenters. The number of rotatable bonds is 2. The summed E-state index contributed by atoms with van der Waals surface area (Å²) in [5.41, 5.74) is 8.05. The van der Waals surface area contributed by atoms with Crippen molar-refractivity contribution in [1.29, 1.82) is 0 Å². The fraction of sp³-hybridized carbons (Fsp3) is 0.120. The minimum absolute atomic E-state index is 1.06. The molecule has 0 amide bonds. The quantitative estimate of drug-likeness (QED) is 0.379. The average molecular weight is 335 g/mol. The van der Waals surface area contributed by atoms with Crippen LogP contribution in [0, 0.1) is 6.92 Å². The monoisotopic (exact) mass is 335 g/mol. The van der Waals surface area contributed by atoms with Gasteiger partial charge in [-0.05, 0) is 49.1 Å². The van der Waals surface area contributed by atoms with E-state index in [1.54, 1.807) is 0 Å². The Labute approximate surface area is 153 Å². The van der Waals surface area contributed by atoms with Crippen LogP contribution in [-0.4, -0.2) is 4.57 Å². The molecule has 0 saturated carbocycles. The Bertz CT molecular complexity index is 1120. The van der Waals surface area contributed by atoms with Gasteiger partial charge in [-0.25, -0.2) is 0 Å². The van der Waals surface area contributed by atoms with Gasteiger partial charge in [0.05, 0.1) is 11.0 Å². The highest BCUT2D eigenvalue weighted by atomic mass is 15.0. The van der Waals surface area contributed by atoms with Crippen molar-refractivity contribution in [3.63, 3.8) is 0 Å². The van der Waals surface area contributed by atoms with Gasteiger partial charge in [0, 0.05) is 16.5 Å². The van der Waals surface area contributed by atoms with Crippen LogP contribution in [0.1, 0.15) is 24.0 Å². The van der Waals surface area contributed by atoms with E-state index in [0.29, 0.717) is 0 Å². The fourth-order valence-corrected chi connectivity index (χ4v) is 4.05. The van der Waals surface area contributed by atoms with Crippen molar-refractivity contribution in [3.8, 4) is 0 Å². The standard InChI is InChI=1S/C25H21N/c1-18-10-12-19(13-11-18)20-14-16-21(17-15-20)26-24-8-4-2-6-22(24)23-7-3-5-9-25(23)26/h2-14,16H,15,17H2,1H3. The fourth-order valence-electron chi connectivity index (χ4n) is 4.05. The van der Waals surface area contributed by atoms with Crippen molar-refractivity contribution in [1.82, 2.24) is 4.57 Å². The summed E-state index contributed by atoms with van der Waals surface area (Å²) in [6, 6.07) is 26.3. The smallest absolute Gasteiger partial charge is 0.0537 e. The van der Waals surface area contributed by atoms with E-state index in [4.69, 9.17) is 0 Å². The number of fused-ring (bicyclic) bond motifs is 3. The van der Waals surface area contributed by atoms with Gasteiger partial charge in [-0.2, -0.15) is 0 Å². The van der Waals surface area contributed by atoms with E-state index < -0.39 is 0 Å². The molecular formula is C25H21N. The van der Waals surface area contributed by atoms with Gasteiger partial charge in [0.15, 0.2) is 0 Å². The van der Waals surface area contributed by atoms with Gasteiger partial charge in [-0.1, -0.05) is 72.3 Å². The Hall–Kier alpha value is -3.06. The minimum atomic E-state index is 1.06. The van der Waals surface area contributed by atoms with Crippen molar-refractivity contribution < 1.29 is 0 Å². The molecule has 0 unspecified atom stereocenters. The molecule has 1 heteroatoms. The van der Waals surface area contributed by atoms with Gasteiger partial charge in [-0.3, -0.25) is 0 Å². The van der Waals surface area contributed by atoms with Crippen LogP contribution in [0.5, 0.6) is 0 Å². The highest BCUT2D eigenvalue weighted by molar-refractivity contribution is 6.10. The molecule has 0 fully saturated rings. The third-order valence-electron chi connectivity index (χ3n) is 5.42. The molecule has 5 rings (SSSR count). The van der Waals surface area contributed by atoms with Crippen LogP contribution in [0.15, 0.2) is 84.9 Å². The second-order valence-electron chi connectivity index (χ2n) is 7.09. The summed E-state index contributed by atoms with van der Waals surface area (Å²) in [7, 11) is 0. The second kappa shape index (κ2) is 6.03. The predicted molar refractivity (Wildman–Crippen MR) is 112 cm³/mol. The average Bonchev–Trinajstić information content (AvgIpc) is 3.03. The van der Waals surface area contributed by atoms with E-state index in [0.717, 1.165) is 12.8 Å². The van der Waals surface area contributed by atoms with E-state index in [9.17, 15) is 0 Å². The summed E-state index contributed by atoms with van der Waals surface area (Å²) in [5, 5.41) is 2.66. The molecule has 0 radical (unpaired) electrons. The van der Waals surface area contributed by atoms with E-state index in [1.807, 2.05) is 0 Å². The topological polar surface area (TPSA) is 4.93 Å². The number of aromatic nitrogens is 1. The lowest BCUT2D eigenvalue weighted by molar-refractivity contribution is 0.992. The molecule has 0 spiro atoms. The lowest BCUT2D eigenvalue weighted by Crippen LogP contribution is -2.01. The van der Waals surface area contributed by atoms with Crippen LogP contribution in [0.4, 0.5) is 0 Å². The van der Waals surface area contributed by atoms with Crippen molar-refractivity contribution in [2.45, 2.75) is 19.8 Å². The largest absolute Gasteiger partial charge is 0.313 e. The van der Waals surface area contributed by atoms with Gasteiger partial charge in [0.2, 0.25) is 0 Å². The molecular weight excluding hydrogens is 314 g/mol. The Balaban J connectivity index is 1.65. The van der Waals surface area contributed by atoms with Gasteiger partial charge < -0.3 is 4.57 Å². The molecule has 26 heavy (non-hydrogen) atoms. The second-order valence-corrected chi connectivity index (χ2v) is 7.09. The summed E-state index contributed by atoms with van der Waals surface area (Å²) < 4.78 is 2.44. The molecule has 4 aromatic rings. The third-order valence-corrected chi connectivity index (χ3v) is 5.42. The first kappa shape index (κ1) is 15.2. The molecule has 0 saturated heterocycles. The Morgan fingerprint density at radius 1 is 0.654 bits per heavy atom. The van der Waals surface area contributed by atoms with Gasteiger partial charge in [0.1, 0.15) is 0 Å². The molecule has 1 heterocycles. The Kier molecular flexibility index (Phi) is 3.53. The predicted octanol–water partition coefficient (Wildman–Crippen LogP) is 6.82. The summed E-state index contributed by atoms with van der Waals surface area (Å²) >= 11 is 0. The summed E-state index contributed by atoms with van der Waals surface area (Å²) in [6.45, 7) is 2.14. The molecule has 1 aliphatic rings. The SMILES string of the molecule is Cc1ccc(C2=CC=C(n3c4ccccc4c4ccccc43)CC2)cc1. The van der Waals surface area contributed by atoms with E-state index >= 15 is 0 Å². The maximum Gasteiger partial charge on any atom is 0.0537 e. The van der Waals surface area contributed by atoms with Crippen molar-refractivity contribution in [2.75, 3.05) is 0 Å². The summed E-state index contributed by atoms with van der Waals surface area (Å²) in [4.78, 5) is 0. The molecule has 0 bridgehead atoms. The number of para-hydroxylation sites is 2. The van der Waals surface area contributed by atoms with Crippen LogP contribution < -0.4 is 0 Å². The molecule has 0 N–H and O–H groups in total. The van der Waals surface area contributed by atoms with Crippen LogP contribution >= 0.6 is 0 Å². The maximum absolute atomic E-state index is 2.44. The van der Waals surface area contributed by atoms with E-state index in [2.05, 4.69) is 96.4 Å². The zero-order valence-corrected chi connectivity index (χ0v) is 14.9. The van der Waals surface area contributed by atoms with Crippen molar-refractivity contribution in [3.05, 3.63) is 96.1 Å². The molecule has 3 aromatic carbocycles. The van der Waals surface area contributed by atoms with Crippen LogP contribution in [-0.2, 0) is 0 Å². The van der Waals surface area contributed by atoms with E-state index in [-0.39, 0.29) is 0 Å². The highest BCUT2D eigenvalue weighted by Crippen LogP contribution is 2.36. The highest BCUT2D eigenvalue weighted by Gasteiger charge is 2.15. The Morgan fingerprint density at radius 3 is 1.85 bits per heavy atom. The summed E-state index contributed by atoms with van der Waals surface area (Å²) in [6.07, 6.45) is 6.74. The minimum Gasteiger partial charge on any atom is -0.313 e. The van der Waals surface area contributed by atoms with Gasteiger partial charge in [-0.15, -0.1) is 0 Å². The van der Waals surface area contributed by atoms with Crippen LogP contribution in [0.2, 0.25) is 0 Å². The summed E-state index contributed by atoms with van der Waals surface area (Å²) in [5.74, 6) is 0. The number of nitrogens with zero attached hydrogens (tertiary/aromatic N) is 1. The van der Waals surface area contributed by atoms with Gasteiger partial charge in [0.25, 0.3) is 0 Å². The molecule has 1 nitrogen and oxygen atoms in total. The first-order valence-electron chi connectivity index (χ1n) is 9.26. The molecule has 1 aliphatic carbocycles. The Morgan fingerprint density at radius 2 is 1.27 bits per heavy atom. The number of aryl methyl sites for hydroxylation is 1. The number of hydrogen-bond acceptors (Lipinski definition) is 0. The third kappa shape index (κ3) is 2.40. The molecule has 1 aromatic heterocycles. The first-order chi connectivity index (χ1) is 12.8. The number of hydrogen-bond donors (Lipinski definition) is 0. The van der Waals surface area contributed by atoms with Crippen molar-refractivity contribution >= 4 is 33.1 Å². The first-order valence-corrected chi connectivity index (χ1v) is 9.26. The van der Waals surface area contributed by atoms with Crippen LogP contribution in [0.3, 0.4) is 0 Å². The van der Waals surface area contributed by atoms with Crippen molar-refractivity contribution in [2.24, 2.45) is 0 Å².